The molecule has 43 heavy (non-hydrogen) atoms. The average molecular weight is 650 g/mol. The Bertz CT molecular complexity index is 2070. The van der Waals surface area contributed by atoms with Crippen LogP contribution in [0.3, 0.4) is 0 Å². The molecule has 10 nitrogen and oxygen atoms in total. The summed E-state index contributed by atoms with van der Waals surface area (Å²) in [5.74, 6) is 0. The van der Waals surface area contributed by atoms with Gasteiger partial charge < -0.3 is 15.6 Å². The number of hydrogen-bond donors (Lipinski definition) is 4. The molecule has 3 aromatic carbocycles. The minimum atomic E-state index is -4.47. The highest BCUT2D eigenvalue weighted by Gasteiger charge is 2.30. The molecule has 0 saturated carbocycles. The van der Waals surface area contributed by atoms with Crippen LogP contribution in [-0.2, 0) is 22.7 Å². The predicted molar refractivity (Wildman–Crippen MR) is 158 cm³/mol. The van der Waals surface area contributed by atoms with E-state index in [9.17, 15) is 36.0 Å². The molecule has 0 fully saturated rings. The summed E-state index contributed by atoms with van der Waals surface area (Å²) in [5, 5.41) is 5.51. The van der Waals surface area contributed by atoms with Crippen molar-refractivity contribution < 1.29 is 26.4 Å². The van der Waals surface area contributed by atoms with Gasteiger partial charge in [0.25, 0.3) is 15.6 Å². The number of thiophene rings is 1. The summed E-state index contributed by atoms with van der Waals surface area (Å²) in [7, 11) is -4.13. The van der Waals surface area contributed by atoms with E-state index in [1.165, 1.54) is 54.6 Å². The first-order valence-corrected chi connectivity index (χ1v) is 14.9. The summed E-state index contributed by atoms with van der Waals surface area (Å²) in [4.78, 5) is 40.9. The molecule has 5 aromatic rings. The Balaban J connectivity index is 1.31. The molecule has 0 atom stereocenters. The minimum absolute atomic E-state index is 0.0729. The van der Waals surface area contributed by atoms with Crippen LogP contribution >= 0.6 is 22.9 Å². The zero-order chi connectivity index (χ0) is 30.9. The van der Waals surface area contributed by atoms with Gasteiger partial charge in [0, 0.05) is 17.9 Å². The lowest BCUT2D eigenvalue weighted by molar-refractivity contribution is -0.137. The zero-order valence-electron chi connectivity index (χ0n) is 21.5. The number of benzene rings is 3. The molecule has 0 radical (unpaired) electrons. The van der Waals surface area contributed by atoms with E-state index in [2.05, 4.69) is 15.6 Å². The molecule has 0 aliphatic carbocycles. The maximum Gasteiger partial charge on any atom is 0.416 e. The van der Waals surface area contributed by atoms with Gasteiger partial charge in [0.2, 0.25) is 0 Å². The van der Waals surface area contributed by atoms with Crippen LogP contribution in [0.5, 0.6) is 0 Å². The highest BCUT2D eigenvalue weighted by molar-refractivity contribution is 7.92. The van der Waals surface area contributed by atoms with Crippen molar-refractivity contribution in [3.05, 3.63) is 115 Å². The van der Waals surface area contributed by atoms with E-state index in [-0.39, 0.29) is 37.4 Å². The highest BCUT2D eigenvalue weighted by Crippen LogP contribution is 2.30. The Labute approximate surface area is 249 Å². The van der Waals surface area contributed by atoms with E-state index >= 15 is 0 Å². The van der Waals surface area contributed by atoms with Gasteiger partial charge in [-0.1, -0.05) is 23.7 Å². The second-order valence-corrected chi connectivity index (χ2v) is 12.7. The average Bonchev–Trinajstić information content (AvgIpc) is 3.39. The molecule has 0 aliphatic rings. The van der Waals surface area contributed by atoms with Crippen molar-refractivity contribution in [2.24, 2.45) is 0 Å². The van der Waals surface area contributed by atoms with E-state index < -0.39 is 39.0 Å². The maximum absolute atomic E-state index is 13.2. The van der Waals surface area contributed by atoms with Gasteiger partial charge in [0.1, 0.15) is 4.21 Å². The van der Waals surface area contributed by atoms with Crippen LogP contribution in [-0.4, -0.2) is 24.0 Å². The third-order valence-electron chi connectivity index (χ3n) is 6.07. The fraction of sp³-hybridized carbons (Fsp3) is 0.0741. The van der Waals surface area contributed by atoms with Gasteiger partial charge >= 0.3 is 17.9 Å². The van der Waals surface area contributed by atoms with Crippen LogP contribution in [0.4, 0.5) is 29.3 Å². The monoisotopic (exact) mass is 649 g/mol. The molecule has 222 valence electrons. The lowest BCUT2D eigenvalue weighted by Gasteiger charge is -2.12. The number of aromatic amines is 1. The number of sulfonamides is 1. The highest BCUT2D eigenvalue weighted by atomic mass is 35.5. The van der Waals surface area contributed by atoms with Crippen molar-refractivity contribution in [1.82, 2.24) is 14.3 Å². The Morgan fingerprint density at radius 1 is 0.953 bits per heavy atom. The topological polar surface area (TPSA) is 142 Å². The molecule has 16 heteroatoms. The Hall–Kier alpha value is -4.60. The number of nitrogens with one attached hydrogen (secondary N) is 4. The first-order chi connectivity index (χ1) is 20.3. The van der Waals surface area contributed by atoms with Crippen LogP contribution in [0.1, 0.15) is 11.1 Å². The molecule has 0 bridgehead atoms. The maximum atomic E-state index is 13.2. The third kappa shape index (κ3) is 6.74. The predicted octanol–water partition coefficient (Wildman–Crippen LogP) is 5.54. The van der Waals surface area contributed by atoms with Gasteiger partial charge in [0.05, 0.1) is 26.5 Å². The van der Waals surface area contributed by atoms with Crippen LogP contribution in [0.15, 0.2) is 92.7 Å². The summed E-state index contributed by atoms with van der Waals surface area (Å²) < 4.78 is 66.4. The molecular formula is C27H19ClF3N5O5S2. The molecule has 0 saturated heterocycles. The molecule has 0 spiro atoms. The number of alkyl halides is 3. The summed E-state index contributed by atoms with van der Waals surface area (Å²) in [6, 6.07) is 16.5. The summed E-state index contributed by atoms with van der Waals surface area (Å²) >= 11 is 6.54. The van der Waals surface area contributed by atoms with Crippen LogP contribution in [0.2, 0.25) is 4.34 Å². The number of urea groups is 1. The largest absolute Gasteiger partial charge is 0.416 e. The third-order valence-corrected chi connectivity index (χ3v) is 9.13. The number of aromatic nitrogens is 2. The lowest BCUT2D eigenvalue weighted by Crippen LogP contribution is -2.34. The number of amides is 2. The summed E-state index contributed by atoms with van der Waals surface area (Å²) in [5.41, 5.74) is -0.736. The SMILES string of the molecule is O=C(Nc1ccc(-n2c(=O)[nH]c3cc(NCc4cccc(C(F)(F)F)c4)ccc3c2=O)cc1)NS(=O)(=O)c1ccc(Cl)s1. The van der Waals surface area contributed by atoms with Gasteiger partial charge in [-0.25, -0.2) is 27.3 Å². The smallest absolute Gasteiger partial charge is 0.381 e. The van der Waals surface area contributed by atoms with E-state index in [0.717, 1.165) is 28.0 Å². The standard InChI is InChI=1S/C27H19ClF3N5O5S2/c28-22-10-11-23(42-22)43(40,41)35-25(38)33-17-4-7-19(8-5-17)36-24(37)20-9-6-18(13-21(20)34-26(36)39)32-14-15-2-1-3-16(12-15)27(29,30)31/h1-13,32H,14H2,(H,34,39)(H2,33,35,38). The fourth-order valence-corrected chi connectivity index (χ4v) is 6.48. The number of hydrogen-bond acceptors (Lipinski definition) is 7. The second-order valence-electron chi connectivity index (χ2n) is 9.05. The van der Waals surface area contributed by atoms with Crippen molar-refractivity contribution in [3.63, 3.8) is 0 Å². The van der Waals surface area contributed by atoms with Crippen LogP contribution in [0, 0.1) is 0 Å². The first-order valence-electron chi connectivity index (χ1n) is 12.2. The summed E-state index contributed by atoms with van der Waals surface area (Å²) in [6.45, 7) is 0.0729. The van der Waals surface area contributed by atoms with Crippen molar-refractivity contribution in [2.75, 3.05) is 10.6 Å². The molecule has 0 aliphatic heterocycles. The first kappa shape index (κ1) is 29.9. The van der Waals surface area contributed by atoms with E-state index in [1.54, 1.807) is 12.1 Å². The minimum Gasteiger partial charge on any atom is -0.381 e. The number of fused-ring (bicyclic) bond motifs is 1. The molecule has 0 unspecified atom stereocenters. The van der Waals surface area contributed by atoms with Crippen molar-refractivity contribution in [3.8, 4) is 5.69 Å². The van der Waals surface area contributed by atoms with E-state index in [4.69, 9.17) is 11.6 Å². The van der Waals surface area contributed by atoms with Crippen LogP contribution < -0.4 is 26.6 Å². The Morgan fingerprint density at radius 2 is 1.67 bits per heavy atom. The molecule has 4 N–H and O–H groups in total. The number of carbonyl (C=O) groups is 1. The van der Waals surface area contributed by atoms with Gasteiger partial charge in [-0.2, -0.15) is 13.2 Å². The normalized spacial score (nSPS) is 11.8. The molecule has 2 aromatic heterocycles. The second kappa shape index (κ2) is 11.6. The van der Waals surface area contributed by atoms with Gasteiger partial charge in [0.15, 0.2) is 0 Å². The zero-order valence-corrected chi connectivity index (χ0v) is 23.9. The molecule has 5 rings (SSSR count). The lowest BCUT2D eigenvalue weighted by atomic mass is 10.1. The fourth-order valence-electron chi connectivity index (χ4n) is 4.09. The summed E-state index contributed by atoms with van der Waals surface area (Å²) in [6.07, 6.45) is -4.47. The van der Waals surface area contributed by atoms with Crippen molar-refractivity contribution >= 4 is 61.3 Å². The van der Waals surface area contributed by atoms with Gasteiger partial charge in [-0.3, -0.25) is 4.79 Å². The number of H-pyrrole nitrogens is 1. The number of anilines is 2. The molecular weight excluding hydrogens is 631 g/mol. The number of carbonyl (C=O) groups excluding carboxylic acids is 1. The number of halogens is 4. The molecule has 2 amide bonds. The van der Waals surface area contributed by atoms with E-state index in [0.29, 0.717) is 11.3 Å². The Morgan fingerprint density at radius 3 is 2.35 bits per heavy atom. The number of nitrogens with zero attached hydrogens (tertiary/aromatic N) is 1. The Kier molecular flexibility index (Phi) is 8.05. The molecule has 2 heterocycles. The van der Waals surface area contributed by atoms with Crippen molar-refractivity contribution in [2.45, 2.75) is 16.9 Å². The quantitative estimate of drug-likeness (QED) is 0.183. The van der Waals surface area contributed by atoms with E-state index in [1.807, 2.05) is 4.72 Å². The van der Waals surface area contributed by atoms with Crippen LogP contribution in [0.25, 0.3) is 16.6 Å². The van der Waals surface area contributed by atoms with Crippen molar-refractivity contribution in [1.29, 1.82) is 0 Å². The van der Waals surface area contributed by atoms with Gasteiger partial charge in [-0.15, -0.1) is 11.3 Å². The number of rotatable bonds is 7. The van der Waals surface area contributed by atoms with Gasteiger partial charge in [-0.05, 0) is 72.3 Å².